The van der Waals surface area contributed by atoms with Crippen molar-refractivity contribution < 1.29 is 14.7 Å². The van der Waals surface area contributed by atoms with Crippen molar-refractivity contribution in [3.05, 3.63) is 17.5 Å². The highest BCUT2D eigenvalue weighted by Gasteiger charge is 2.39. The Balaban J connectivity index is 1.46. The summed E-state index contributed by atoms with van der Waals surface area (Å²) in [5.41, 5.74) is 0.625. The Morgan fingerprint density at radius 1 is 1.26 bits per heavy atom. The lowest BCUT2D eigenvalue weighted by Gasteiger charge is -2.45. The molecule has 0 spiro atoms. The molecule has 27 heavy (non-hydrogen) atoms. The van der Waals surface area contributed by atoms with Crippen LogP contribution in [0.4, 0.5) is 0 Å². The number of carbonyl (C=O) groups is 2. The molecule has 2 amide bonds. The van der Waals surface area contributed by atoms with Crippen molar-refractivity contribution in [1.82, 2.24) is 25.3 Å². The van der Waals surface area contributed by atoms with Crippen molar-refractivity contribution in [2.45, 2.75) is 63.1 Å². The summed E-state index contributed by atoms with van der Waals surface area (Å²) in [6.07, 6.45) is 7.72. The van der Waals surface area contributed by atoms with E-state index in [-0.39, 0.29) is 36.1 Å². The van der Waals surface area contributed by atoms with E-state index in [0.717, 1.165) is 25.9 Å². The molecule has 1 saturated carbocycles. The van der Waals surface area contributed by atoms with Gasteiger partial charge in [0.25, 0.3) is 11.8 Å². The summed E-state index contributed by atoms with van der Waals surface area (Å²) in [5.74, 6) is -0.555. The zero-order chi connectivity index (χ0) is 18.9. The molecule has 3 aliphatic rings. The highest BCUT2D eigenvalue weighted by atomic mass is 16.3. The first-order valence-corrected chi connectivity index (χ1v) is 10.1. The zero-order valence-corrected chi connectivity index (χ0v) is 15.7. The molecule has 2 fully saturated rings. The Labute approximate surface area is 159 Å². The second-order valence-corrected chi connectivity index (χ2v) is 8.12. The molecule has 0 radical (unpaired) electrons. The number of nitrogens with zero attached hydrogens (tertiary/aromatic N) is 3. The van der Waals surface area contributed by atoms with Crippen LogP contribution in [0, 0.1) is 0 Å². The first-order chi connectivity index (χ1) is 13.1. The maximum absolute atomic E-state index is 12.7. The number of amides is 2. The van der Waals surface area contributed by atoms with Gasteiger partial charge in [-0.25, -0.2) is 0 Å². The van der Waals surface area contributed by atoms with Crippen LogP contribution < -0.4 is 10.6 Å². The Morgan fingerprint density at radius 3 is 2.74 bits per heavy atom. The van der Waals surface area contributed by atoms with E-state index >= 15 is 0 Å². The predicted octanol–water partition coefficient (Wildman–Crippen LogP) is 0.516. The number of nitrogens with one attached hydrogen (secondary N) is 2. The van der Waals surface area contributed by atoms with Gasteiger partial charge in [-0.1, -0.05) is 19.3 Å². The van der Waals surface area contributed by atoms with Crippen molar-refractivity contribution >= 4 is 11.8 Å². The van der Waals surface area contributed by atoms with Gasteiger partial charge in [-0.05, 0) is 38.8 Å². The van der Waals surface area contributed by atoms with Crippen molar-refractivity contribution in [3.63, 3.8) is 0 Å². The third-order valence-electron chi connectivity index (χ3n) is 6.27. The van der Waals surface area contributed by atoms with Gasteiger partial charge in [0.2, 0.25) is 0 Å². The van der Waals surface area contributed by atoms with E-state index in [2.05, 4.69) is 20.6 Å². The average molecular weight is 375 g/mol. The Kier molecular flexibility index (Phi) is 5.19. The molecule has 1 atom stereocenters. The van der Waals surface area contributed by atoms with Crippen LogP contribution in [0.2, 0.25) is 0 Å². The summed E-state index contributed by atoms with van der Waals surface area (Å²) in [4.78, 5) is 27.4. The average Bonchev–Trinajstić information content (AvgIpc) is 3.33. The van der Waals surface area contributed by atoms with Gasteiger partial charge in [0.15, 0.2) is 5.69 Å². The number of carbonyl (C=O) groups excluding carboxylic acids is 2. The molecule has 8 heteroatoms. The minimum atomic E-state index is -0.702. The van der Waals surface area contributed by atoms with Crippen molar-refractivity contribution in [3.8, 4) is 0 Å². The van der Waals surface area contributed by atoms with Crippen LogP contribution >= 0.6 is 0 Å². The zero-order valence-electron chi connectivity index (χ0n) is 15.7. The monoisotopic (exact) mass is 375 g/mol. The van der Waals surface area contributed by atoms with E-state index < -0.39 is 6.10 Å². The summed E-state index contributed by atoms with van der Waals surface area (Å²) >= 11 is 0. The van der Waals surface area contributed by atoms with Crippen LogP contribution in [-0.2, 0) is 6.54 Å². The van der Waals surface area contributed by atoms with E-state index in [0.29, 0.717) is 12.2 Å². The molecule has 0 bridgehead atoms. The fourth-order valence-electron chi connectivity index (χ4n) is 4.76. The normalized spacial score (nSPS) is 25.5. The molecule has 2 aliphatic heterocycles. The largest absolute Gasteiger partial charge is 0.389 e. The molecule has 148 valence electrons. The number of hydrogen-bond donors (Lipinski definition) is 3. The quantitative estimate of drug-likeness (QED) is 0.712. The van der Waals surface area contributed by atoms with Gasteiger partial charge in [-0.2, -0.15) is 5.10 Å². The van der Waals surface area contributed by atoms with Gasteiger partial charge in [-0.15, -0.1) is 0 Å². The minimum Gasteiger partial charge on any atom is -0.389 e. The number of rotatable bonds is 4. The maximum atomic E-state index is 12.7. The molecule has 8 nitrogen and oxygen atoms in total. The molecule has 1 aromatic heterocycles. The molecule has 1 aromatic rings. The lowest BCUT2D eigenvalue weighted by atomic mass is 9.80. The smallest absolute Gasteiger partial charge is 0.271 e. The van der Waals surface area contributed by atoms with Crippen LogP contribution in [0.1, 0.15) is 65.9 Å². The SMILES string of the molecule is O=C(NCC1(N2CCCC2)CCCCC1)c1cc2n(n1)C[C@H](O)CNC2=O. The second-order valence-electron chi connectivity index (χ2n) is 8.12. The topological polar surface area (TPSA) is 99.5 Å². The van der Waals surface area contributed by atoms with Crippen LogP contribution in [0.25, 0.3) is 0 Å². The van der Waals surface area contributed by atoms with Crippen LogP contribution in [-0.4, -0.2) is 69.4 Å². The Bertz CT molecular complexity index is 704. The number of aliphatic hydroxyl groups is 1. The maximum Gasteiger partial charge on any atom is 0.271 e. The Morgan fingerprint density at radius 2 is 2.00 bits per heavy atom. The fourth-order valence-corrected chi connectivity index (χ4v) is 4.76. The standard InChI is InChI=1S/C19H29N5O3/c25-14-11-20-18(27)16-10-15(22-24(16)12-14)17(26)21-13-19(6-2-1-3-7-19)23-8-4-5-9-23/h10,14,25H,1-9,11-13H2,(H,20,27)(H,21,26)/t14-/m1/s1. The summed E-state index contributed by atoms with van der Waals surface area (Å²) in [6, 6.07) is 1.52. The van der Waals surface area contributed by atoms with Gasteiger partial charge in [0, 0.05) is 24.7 Å². The number of fused-ring (bicyclic) bond motifs is 1. The molecular weight excluding hydrogens is 346 g/mol. The molecule has 0 aromatic carbocycles. The molecule has 4 rings (SSSR count). The molecule has 3 N–H and O–H groups in total. The van der Waals surface area contributed by atoms with Gasteiger partial charge in [0.05, 0.1) is 12.6 Å². The Hall–Kier alpha value is -1.93. The van der Waals surface area contributed by atoms with Crippen molar-refractivity contribution in [1.29, 1.82) is 0 Å². The predicted molar refractivity (Wildman–Crippen MR) is 99.5 cm³/mol. The minimum absolute atomic E-state index is 0.0643. The van der Waals surface area contributed by atoms with Crippen LogP contribution in [0.3, 0.4) is 0 Å². The first kappa shape index (κ1) is 18.4. The van der Waals surface area contributed by atoms with E-state index in [1.54, 1.807) is 0 Å². The number of aliphatic hydroxyl groups excluding tert-OH is 1. The second kappa shape index (κ2) is 7.59. The highest BCUT2D eigenvalue weighted by molar-refractivity contribution is 5.98. The fraction of sp³-hybridized carbons (Fsp3) is 0.737. The number of hydrogen-bond acceptors (Lipinski definition) is 5. The molecular formula is C19H29N5O3. The third kappa shape index (κ3) is 3.73. The third-order valence-corrected chi connectivity index (χ3v) is 6.27. The van der Waals surface area contributed by atoms with Crippen LogP contribution in [0.5, 0.6) is 0 Å². The molecule has 0 unspecified atom stereocenters. The van der Waals surface area contributed by atoms with E-state index in [9.17, 15) is 14.7 Å². The summed E-state index contributed by atoms with van der Waals surface area (Å²) < 4.78 is 1.43. The van der Waals surface area contributed by atoms with Gasteiger partial charge < -0.3 is 15.7 Å². The lowest BCUT2D eigenvalue weighted by Crippen LogP contribution is -2.55. The number of likely N-dealkylation sites (tertiary alicyclic amines) is 1. The van der Waals surface area contributed by atoms with Gasteiger partial charge in [0.1, 0.15) is 5.69 Å². The molecule has 1 aliphatic carbocycles. The molecule has 3 heterocycles. The van der Waals surface area contributed by atoms with Gasteiger partial charge in [-0.3, -0.25) is 19.2 Å². The van der Waals surface area contributed by atoms with E-state index in [1.807, 2.05) is 0 Å². The number of β-amino-alcohol motifs (C(OH)–C–C–N with tert-alkyl or cyclic N) is 1. The first-order valence-electron chi connectivity index (χ1n) is 10.1. The highest BCUT2D eigenvalue weighted by Crippen LogP contribution is 2.35. The summed E-state index contributed by atoms with van der Waals surface area (Å²) in [5, 5.41) is 19.8. The molecule has 1 saturated heterocycles. The summed E-state index contributed by atoms with van der Waals surface area (Å²) in [6.45, 7) is 3.27. The van der Waals surface area contributed by atoms with E-state index in [4.69, 9.17) is 0 Å². The van der Waals surface area contributed by atoms with Crippen molar-refractivity contribution in [2.75, 3.05) is 26.2 Å². The lowest BCUT2D eigenvalue weighted by molar-refractivity contribution is 0.0650. The van der Waals surface area contributed by atoms with Gasteiger partial charge >= 0.3 is 0 Å². The van der Waals surface area contributed by atoms with E-state index in [1.165, 1.54) is 42.9 Å². The van der Waals surface area contributed by atoms with Crippen LogP contribution in [0.15, 0.2) is 6.07 Å². The van der Waals surface area contributed by atoms with Crippen molar-refractivity contribution in [2.24, 2.45) is 0 Å². The summed E-state index contributed by atoms with van der Waals surface area (Å²) in [7, 11) is 0. The number of aromatic nitrogens is 2.